The van der Waals surface area contributed by atoms with Gasteiger partial charge in [0.1, 0.15) is 5.82 Å². The van der Waals surface area contributed by atoms with Crippen LogP contribution in [0.5, 0.6) is 0 Å². The summed E-state index contributed by atoms with van der Waals surface area (Å²) in [6.45, 7) is 7.32. The van der Waals surface area contributed by atoms with Gasteiger partial charge in [-0.15, -0.1) is 0 Å². The fourth-order valence-corrected chi connectivity index (χ4v) is 2.68. The molecule has 1 N–H and O–H groups in total. The lowest BCUT2D eigenvalue weighted by atomic mass is 9.88. The van der Waals surface area contributed by atoms with E-state index in [1.54, 1.807) is 6.07 Å². The van der Waals surface area contributed by atoms with E-state index in [2.05, 4.69) is 43.4 Å². The van der Waals surface area contributed by atoms with Crippen LogP contribution in [-0.2, 0) is 0 Å². The molecule has 0 saturated carbocycles. The first kappa shape index (κ1) is 15.7. The molecule has 2 heteroatoms. The van der Waals surface area contributed by atoms with Crippen LogP contribution in [0.2, 0.25) is 0 Å². The molecule has 0 saturated heterocycles. The van der Waals surface area contributed by atoms with Crippen LogP contribution >= 0.6 is 0 Å². The Morgan fingerprint density at radius 3 is 2.14 bits per heavy atom. The van der Waals surface area contributed by atoms with Crippen molar-refractivity contribution in [3.8, 4) is 0 Å². The minimum Gasteiger partial charge on any atom is -0.309 e. The van der Waals surface area contributed by atoms with Crippen LogP contribution in [0.3, 0.4) is 0 Å². The average molecular weight is 285 g/mol. The molecule has 0 aliphatic rings. The first-order valence-electron chi connectivity index (χ1n) is 7.62. The lowest BCUT2D eigenvalue weighted by molar-refractivity contribution is 0.430. The fraction of sp³-hybridized carbons (Fsp3) is 0.368. The molecule has 0 spiro atoms. The van der Waals surface area contributed by atoms with Gasteiger partial charge in [0.15, 0.2) is 0 Å². The van der Waals surface area contributed by atoms with Crippen molar-refractivity contribution in [3.05, 3.63) is 71.5 Å². The van der Waals surface area contributed by atoms with Crippen LogP contribution in [-0.4, -0.2) is 6.54 Å². The van der Waals surface area contributed by atoms with Crippen molar-refractivity contribution in [2.45, 2.75) is 32.7 Å². The number of benzene rings is 2. The maximum absolute atomic E-state index is 13.8. The average Bonchev–Trinajstić information content (AvgIpc) is 2.48. The molecule has 0 aromatic heterocycles. The van der Waals surface area contributed by atoms with Crippen molar-refractivity contribution in [3.63, 3.8) is 0 Å². The van der Waals surface area contributed by atoms with Gasteiger partial charge >= 0.3 is 0 Å². The molecular formula is C19H24FN. The fourth-order valence-electron chi connectivity index (χ4n) is 2.68. The summed E-state index contributed by atoms with van der Waals surface area (Å²) in [6.07, 6.45) is 0. The maximum Gasteiger partial charge on any atom is 0.127 e. The van der Waals surface area contributed by atoms with Crippen LogP contribution < -0.4 is 5.32 Å². The van der Waals surface area contributed by atoms with E-state index in [4.69, 9.17) is 0 Å². The molecule has 21 heavy (non-hydrogen) atoms. The summed E-state index contributed by atoms with van der Waals surface area (Å²) in [6, 6.07) is 17.5. The first-order valence-corrected chi connectivity index (χ1v) is 7.62. The molecule has 0 fully saturated rings. The molecule has 2 atom stereocenters. The number of hydrogen-bond acceptors (Lipinski definition) is 1. The molecule has 1 unspecified atom stereocenters. The summed E-state index contributed by atoms with van der Waals surface area (Å²) in [5.74, 6) is 0.825. The van der Waals surface area contributed by atoms with Gasteiger partial charge in [0.25, 0.3) is 0 Å². The van der Waals surface area contributed by atoms with E-state index in [-0.39, 0.29) is 11.9 Å². The molecule has 112 valence electrons. The smallest absolute Gasteiger partial charge is 0.127 e. The highest BCUT2D eigenvalue weighted by molar-refractivity contribution is 5.22. The molecule has 0 aliphatic heterocycles. The zero-order valence-electron chi connectivity index (χ0n) is 13.0. The molecule has 0 amide bonds. The van der Waals surface area contributed by atoms with E-state index in [0.717, 1.165) is 12.1 Å². The third-order valence-electron chi connectivity index (χ3n) is 4.05. The highest BCUT2D eigenvalue weighted by Crippen LogP contribution is 2.25. The van der Waals surface area contributed by atoms with Gasteiger partial charge in [-0.05, 0) is 30.4 Å². The molecule has 2 aromatic carbocycles. The van der Waals surface area contributed by atoms with E-state index in [0.29, 0.717) is 11.8 Å². The van der Waals surface area contributed by atoms with Crippen LogP contribution in [0, 0.1) is 11.7 Å². The van der Waals surface area contributed by atoms with Gasteiger partial charge in [-0.25, -0.2) is 4.39 Å². The predicted molar refractivity (Wildman–Crippen MR) is 86.8 cm³/mol. The highest BCUT2D eigenvalue weighted by Gasteiger charge is 2.17. The van der Waals surface area contributed by atoms with Crippen molar-refractivity contribution in [2.24, 2.45) is 5.92 Å². The maximum atomic E-state index is 13.8. The van der Waals surface area contributed by atoms with E-state index in [1.165, 1.54) is 11.6 Å². The highest BCUT2D eigenvalue weighted by atomic mass is 19.1. The van der Waals surface area contributed by atoms with Gasteiger partial charge in [-0.2, -0.15) is 0 Å². The summed E-state index contributed by atoms with van der Waals surface area (Å²) in [7, 11) is 0. The Hall–Kier alpha value is -1.67. The Labute approximate surface area is 127 Å². The second-order valence-corrected chi connectivity index (χ2v) is 5.91. The van der Waals surface area contributed by atoms with Crippen LogP contribution in [0.1, 0.15) is 43.9 Å². The predicted octanol–water partition coefficient (Wildman–Crippen LogP) is 4.92. The molecule has 0 heterocycles. The topological polar surface area (TPSA) is 12.0 Å². The molecule has 2 rings (SSSR count). The molecular weight excluding hydrogens is 261 g/mol. The van der Waals surface area contributed by atoms with Gasteiger partial charge in [0.05, 0.1) is 0 Å². The molecule has 0 radical (unpaired) electrons. The molecule has 0 bridgehead atoms. The summed E-state index contributed by atoms with van der Waals surface area (Å²) < 4.78 is 13.8. The van der Waals surface area contributed by atoms with Crippen molar-refractivity contribution < 1.29 is 4.39 Å². The molecule has 0 aliphatic carbocycles. The lowest BCUT2D eigenvalue weighted by Gasteiger charge is -2.24. The third kappa shape index (κ3) is 4.15. The standard InChI is InChI=1S/C19H24FN/c1-14(2)18(16-9-5-4-6-10-16)13-21-15(3)17-11-7-8-12-19(17)20/h4-12,14-15,18,21H,13H2,1-3H3/t15-,18?/m1/s1. The van der Waals surface area contributed by atoms with Crippen molar-refractivity contribution in [1.29, 1.82) is 0 Å². The summed E-state index contributed by atoms with van der Waals surface area (Å²) in [5.41, 5.74) is 2.06. The Balaban J connectivity index is 2.04. The van der Waals surface area contributed by atoms with E-state index < -0.39 is 0 Å². The number of rotatable bonds is 6. The van der Waals surface area contributed by atoms with Crippen LogP contribution in [0.25, 0.3) is 0 Å². The minimum atomic E-state index is -0.140. The van der Waals surface area contributed by atoms with Gasteiger partial charge in [-0.3, -0.25) is 0 Å². The molecule has 1 nitrogen and oxygen atoms in total. The number of hydrogen-bond donors (Lipinski definition) is 1. The normalized spacial score (nSPS) is 14.1. The van der Waals surface area contributed by atoms with Crippen molar-refractivity contribution in [1.82, 2.24) is 5.32 Å². The number of halogens is 1. The van der Waals surface area contributed by atoms with Gasteiger partial charge in [0, 0.05) is 18.2 Å². The summed E-state index contributed by atoms with van der Waals surface area (Å²) in [4.78, 5) is 0. The first-order chi connectivity index (χ1) is 10.1. The zero-order valence-corrected chi connectivity index (χ0v) is 13.0. The lowest BCUT2D eigenvalue weighted by Crippen LogP contribution is -2.27. The van der Waals surface area contributed by atoms with Crippen LogP contribution in [0.15, 0.2) is 54.6 Å². The quantitative estimate of drug-likeness (QED) is 0.794. The monoisotopic (exact) mass is 285 g/mol. The Morgan fingerprint density at radius 1 is 0.905 bits per heavy atom. The van der Waals surface area contributed by atoms with Crippen molar-refractivity contribution >= 4 is 0 Å². The zero-order chi connectivity index (χ0) is 15.2. The minimum absolute atomic E-state index is 0.0103. The third-order valence-corrected chi connectivity index (χ3v) is 4.05. The second kappa shape index (κ2) is 7.37. The Morgan fingerprint density at radius 2 is 1.52 bits per heavy atom. The Bertz CT molecular complexity index is 551. The Kier molecular flexibility index (Phi) is 5.51. The van der Waals surface area contributed by atoms with Gasteiger partial charge in [-0.1, -0.05) is 62.4 Å². The summed E-state index contributed by atoms with van der Waals surface area (Å²) in [5, 5.41) is 3.48. The molecule has 2 aromatic rings. The van der Waals surface area contributed by atoms with Crippen molar-refractivity contribution in [2.75, 3.05) is 6.54 Å². The van der Waals surface area contributed by atoms with Gasteiger partial charge in [0.2, 0.25) is 0 Å². The van der Waals surface area contributed by atoms with E-state index in [9.17, 15) is 4.39 Å². The SMILES string of the molecule is CC(C)C(CN[C@H](C)c1ccccc1F)c1ccccc1. The van der Waals surface area contributed by atoms with Gasteiger partial charge < -0.3 is 5.32 Å². The summed E-state index contributed by atoms with van der Waals surface area (Å²) >= 11 is 0. The largest absolute Gasteiger partial charge is 0.309 e. The van der Waals surface area contributed by atoms with E-state index >= 15 is 0 Å². The van der Waals surface area contributed by atoms with Crippen LogP contribution in [0.4, 0.5) is 4.39 Å². The van der Waals surface area contributed by atoms with E-state index in [1.807, 2.05) is 25.1 Å². The second-order valence-electron chi connectivity index (χ2n) is 5.91. The number of nitrogens with one attached hydrogen (secondary N) is 1.